The number of aromatic nitrogens is 2. The fourth-order valence-corrected chi connectivity index (χ4v) is 3.30. The zero-order valence-electron chi connectivity index (χ0n) is 16.6. The van der Waals surface area contributed by atoms with Crippen molar-refractivity contribution < 1.29 is 9.53 Å². The number of carbonyl (C=O) groups is 1. The molecule has 1 aromatic heterocycles. The minimum absolute atomic E-state index is 0.106. The van der Waals surface area contributed by atoms with Gasteiger partial charge in [0, 0.05) is 11.3 Å². The summed E-state index contributed by atoms with van der Waals surface area (Å²) in [6, 6.07) is 23.5. The van der Waals surface area contributed by atoms with Crippen molar-refractivity contribution in [2.24, 2.45) is 0 Å². The van der Waals surface area contributed by atoms with Crippen LogP contribution in [0.3, 0.4) is 0 Å². The quantitative estimate of drug-likeness (QED) is 0.505. The van der Waals surface area contributed by atoms with Gasteiger partial charge < -0.3 is 14.6 Å². The van der Waals surface area contributed by atoms with Crippen LogP contribution in [0.25, 0.3) is 22.4 Å². The van der Waals surface area contributed by atoms with Gasteiger partial charge in [-0.3, -0.25) is 4.79 Å². The third kappa shape index (κ3) is 4.14. The molecule has 0 saturated carbocycles. The average Bonchev–Trinajstić information content (AvgIpc) is 3.09. The minimum Gasteiger partial charge on any atom is -0.494 e. The Morgan fingerprint density at radius 1 is 1.00 bits per heavy atom. The summed E-state index contributed by atoms with van der Waals surface area (Å²) in [5, 5.41) is 2.96. The summed E-state index contributed by atoms with van der Waals surface area (Å²) in [6.45, 7) is 4.78. The van der Waals surface area contributed by atoms with Gasteiger partial charge >= 0.3 is 0 Å². The number of benzene rings is 3. The molecule has 146 valence electrons. The van der Waals surface area contributed by atoms with Crippen LogP contribution in [-0.2, 0) is 11.3 Å². The summed E-state index contributed by atoms with van der Waals surface area (Å²) in [6.07, 6.45) is 0. The smallest absolute Gasteiger partial charge is 0.244 e. The van der Waals surface area contributed by atoms with Gasteiger partial charge in [-0.1, -0.05) is 42.0 Å². The number of rotatable bonds is 6. The molecule has 0 atom stereocenters. The zero-order chi connectivity index (χ0) is 20.2. The van der Waals surface area contributed by atoms with Crippen LogP contribution in [-0.4, -0.2) is 22.1 Å². The van der Waals surface area contributed by atoms with Gasteiger partial charge in [0.25, 0.3) is 0 Å². The van der Waals surface area contributed by atoms with Gasteiger partial charge in [0.05, 0.1) is 17.6 Å². The molecule has 0 radical (unpaired) electrons. The standard InChI is InChI=1S/C24H23N3O2/c1-3-29-20-14-12-19(13-15-20)25-23(28)16-27-22-7-5-4-6-21(22)26-24(27)18-10-8-17(2)9-11-18/h4-15H,3,16H2,1-2H3,(H,25,28). The summed E-state index contributed by atoms with van der Waals surface area (Å²) in [5.74, 6) is 1.46. The van der Waals surface area contributed by atoms with Crippen LogP contribution in [0.15, 0.2) is 72.8 Å². The van der Waals surface area contributed by atoms with E-state index in [-0.39, 0.29) is 12.5 Å². The number of nitrogens with zero attached hydrogens (tertiary/aromatic N) is 2. The molecule has 0 fully saturated rings. The molecular weight excluding hydrogens is 362 g/mol. The molecule has 5 heteroatoms. The number of fused-ring (bicyclic) bond motifs is 1. The molecule has 4 aromatic rings. The van der Waals surface area contributed by atoms with Gasteiger partial charge in [-0.2, -0.15) is 0 Å². The van der Waals surface area contributed by atoms with Crippen molar-refractivity contribution in [3.05, 3.63) is 78.4 Å². The molecule has 0 aliphatic rings. The highest BCUT2D eigenvalue weighted by molar-refractivity contribution is 5.92. The summed E-state index contributed by atoms with van der Waals surface area (Å²) in [5.41, 5.74) is 4.71. The van der Waals surface area contributed by atoms with E-state index < -0.39 is 0 Å². The van der Waals surface area contributed by atoms with Crippen LogP contribution in [0, 0.1) is 6.92 Å². The van der Waals surface area contributed by atoms with Gasteiger partial charge in [-0.25, -0.2) is 4.98 Å². The number of amides is 1. The Morgan fingerprint density at radius 2 is 1.72 bits per heavy atom. The second-order valence-corrected chi connectivity index (χ2v) is 6.88. The SMILES string of the molecule is CCOc1ccc(NC(=O)Cn2c(-c3ccc(C)cc3)nc3ccccc32)cc1. The predicted molar refractivity (Wildman–Crippen MR) is 116 cm³/mol. The first-order valence-electron chi connectivity index (χ1n) is 9.69. The number of ether oxygens (including phenoxy) is 1. The van der Waals surface area contributed by atoms with Crippen LogP contribution < -0.4 is 10.1 Å². The number of para-hydroxylation sites is 2. The molecule has 29 heavy (non-hydrogen) atoms. The molecule has 0 saturated heterocycles. The van der Waals surface area contributed by atoms with Crippen molar-refractivity contribution >= 4 is 22.6 Å². The third-order valence-electron chi connectivity index (χ3n) is 4.72. The number of anilines is 1. The highest BCUT2D eigenvalue weighted by atomic mass is 16.5. The van der Waals surface area contributed by atoms with Crippen LogP contribution in [0.4, 0.5) is 5.69 Å². The fraction of sp³-hybridized carbons (Fsp3) is 0.167. The average molecular weight is 385 g/mol. The van der Waals surface area contributed by atoms with Gasteiger partial charge in [0.2, 0.25) is 5.91 Å². The van der Waals surface area contributed by atoms with E-state index in [1.807, 2.05) is 72.2 Å². The predicted octanol–water partition coefficient (Wildman–Crippen LogP) is 5.05. The molecule has 0 bridgehead atoms. The first-order chi connectivity index (χ1) is 14.1. The molecule has 0 aliphatic heterocycles. The lowest BCUT2D eigenvalue weighted by Gasteiger charge is -2.11. The number of hydrogen-bond donors (Lipinski definition) is 1. The van der Waals surface area contributed by atoms with E-state index in [9.17, 15) is 4.79 Å². The number of carbonyl (C=O) groups excluding carboxylic acids is 1. The Balaban J connectivity index is 1.61. The van der Waals surface area contributed by atoms with Crippen molar-refractivity contribution in [1.82, 2.24) is 9.55 Å². The van der Waals surface area contributed by atoms with Crippen LogP contribution in [0.1, 0.15) is 12.5 Å². The van der Waals surface area contributed by atoms with E-state index in [4.69, 9.17) is 9.72 Å². The van der Waals surface area contributed by atoms with Gasteiger partial charge in [0.1, 0.15) is 18.1 Å². The maximum Gasteiger partial charge on any atom is 0.244 e. The Kier molecular flexibility index (Phi) is 5.29. The number of imidazole rings is 1. The zero-order valence-corrected chi connectivity index (χ0v) is 16.6. The van der Waals surface area contributed by atoms with Crippen molar-refractivity contribution in [2.45, 2.75) is 20.4 Å². The molecule has 0 aliphatic carbocycles. The molecule has 3 aromatic carbocycles. The van der Waals surface area contributed by atoms with Gasteiger partial charge in [-0.15, -0.1) is 0 Å². The van der Waals surface area contributed by atoms with Gasteiger partial charge in [0.15, 0.2) is 0 Å². The molecule has 1 amide bonds. The maximum atomic E-state index is 12.8. The molecule has 1 heterocycles. The summed E-state index contributed by atoms with van der Waals surface area (Å²) in [7, 11) is 0. The number of hydrogen-bond acceptors (Lipinski definition) is 3. The Labute approximate surface area is 170 Å². The van der Waals surface area contributed by atoms with Crippen LogP contribution >= 0.6 is 0 Å². The second-order valence-electron chi connectivity index (χ2n) is 6.88. The lowest BCUT2D eigenvalue weighted by Crippen LogP contribution is -2.19. The lowest BCUT2D eigenvalue weighted by molar-refractivity contribution is -0.116. The Morgan fingerprint density at radius 3 is 2.45 bits per heavy atom. The van der Waals surface area contributed by atoms with Crippen LogP contribution in [0.2, 0.25) is 0 Å². The fourth-order valence-electron chi connectivity index (χ4n) is 3.30. The topological polar surface area (TPSA) is 56.1 Å². The number of aryl methyl sites for hydroxylation is 1. The van der Waals surface area contributed by atoms with E-state index in [1.165, 1.54) is 5.56 Å². The number of nitrogens with one attached hydrogen (secondary N) is 1. The molecule has 4 rings (SSSR count). The maximum absolute atomic E-state index is 12.8. The summed E-state index contributed by atoms with van der Waals surface area (Å²) in [4.78, 5) is 17.6. The van der Waals surface area contributed by atoms with E-state index in [0.717, 1.165) is 33.9 Å². The normalized spacial score (nSPS) is 10.8. The first kappa shape index (κ1) is 18.7. The molecular formula is C24H23N3O2. The van der Waals surface area contributed by atoms with Crippen molar-refractivity contribution in [3.63, 3.8) is 0 Å². The molecule has 1 N–H and O–H groups in total. The largest absolute Gasteiger partial charge is 0.494 e. The van der Waals surface area contributed by atoms with E-state index >= 15 is 0 Å². The summed E-state index contributed by atoms with van der Waals surface area (Å²) < 4.78 is 7.41. The van der Waals surface area contributed by atoms with Gasteiger partial charge in [-0.05, 0) is 50.2 Å². The second kappa shape index (κ2) is 8.19. The molecule has 0 spiro atoms. The van der Waals surface area contributed by atoms with E-state index in [2.05, 4.69) is 24.4 Å². The summed E-state index contributed by atoms with van der Waals surface area (Å²) >= 11 is 0. The first-order valence-corrected chi connectivity index (χ1v) is 9.69. The van der Waals surface area contributed by atoms with Crippen molar-refractivity contribution in [2.75, 3.05) is 11.9 Å². The molecule has 0 unspecified atom stereocenters. The lowest BCUT2D eigenvalue weighted by atomic mass is 10.1. The molecule has 5 nitrogen and oxygen atoms in total. The minimum atomic E-state index is -0.106. The monoisotopic (exact) mass is 385 g/mol. The highest BCUT2D eigenvalue weighted by Crippen LogP contribution is 2.25. The van der Waals surface area contributed by atoms with E-state index in [1.54, 1.807) is 0 Å². The van der Waals surface area contributed by atoms with Crippen molar-refractivity contribution in [3.8, 4) is 17.1 Å². The van der Waals surface area contributed by atoms with Crippen molar-refractivity contribution in [1.29, 1.82) is 0 Å². The van der Waals surface area contributed by atoms with Crippen LogP contribution in [0.5, 0.6) is 5.75 Å². The highest BCUT2D eigenvalue weighted by Gasteiger charge is 2.15. The Bertz CT molecular complexity index is 1130. The Hall–Kier alpha value is -3.60. The van der Waals surface area contributed by atoms with E-state index in [0.29, 0.717) is 6.61 Å². The third-order valence-corrected chi connectivity index (χ3v) is 4.72.